The summed E-state index contributed by atoms with van der Waals surface area (Å²) in [6.45, 7) is 3.34. The molecular formula is C16H25N3. The summed E-state index contributed by atoms with van der Waals surface area (Å²) in [5, 5.41) is 10.8. The minimum Gasteiger partial charge on any atom is -0.308 e. The monoisotopic (exact) mass is 259 g/mol. The first kappa shape index (κ1) is 12.0. The van der Waals surface area contributed by atoms with Crippen molar-refractivity contribution in [2.24, 2.45) is 29.6 Å². The lowest BCUT2D eigenvalue weighted by Gasteiger charge is -2.56. The molecule has 3 nitrogen and oxygen atoms in total. The molecule has 0 saturated heterocycles. The second kappa shape index (κ2) is 4.62. The number of aromatic nitrogens is 2. The van der Waals surface area contributed by atoms with Crippen LogP contribution in [0.2, 0.25) is 0 Å². The molecule has 0 radical (unpaired) electrons. The van der Waals surface area contributed by atoms with Gasteiger partial charge in [-0.05, 0) is 74.7 Å². The summed E-state index contributed by atoms with van der Waals surface area (Å²) in [5.74, 6) is 5.12. The summed E-state index contributed by atoms with van der Waals surface area (Å²) in [4.78, 5) is 0. The third kappa shape index (κ3) is 2.12. The van der Waals surface area contributed by atoms with E-state index in [0.29, 0.717) is 6.04 Å². The Morgan fingerprint density at radius 2 is 1.89 bits per heavy atom. The SMILES string of the molecule is CC(NCc1ccn[nH]1)C1C2CC3CC(C2)CC1C3. The molecule has 1 atom stereocenters. The highest BCUT2D eigenvalue weighted by molar-refractivity contribution is 5.02. The molecule has 0 aliphatic heterocycles. The van der Waals surface area contributed by atoms with Gasteiger partial charge in [-0.2, -0.15) is 5.10 Å². The van der Waals surface area contributed by atoms with E-state index < -0.39 is 0 Å². The lowest BCUT2D eigenvalue weighted by molar-refractivity contribution is -0.0494. The summed E-state index contributed by atoms with van der Waals surface area (Å²) in [6.07, 6.45) is 9.48. The van der Waals surface area contributed by atoms with Crippen LogP contribution in [0.3, 0.4) is 0 Å². The van der Waals surface area contributed by atoms with Crippen LogP contribution in [0, 0.1) is 29.6 Å². The highest BCUT2D eigenvalue weighted by Crippen LogP contribution is 2.57. The maximum atomic E-state index is 4.02. The zero-order valence-corrected chi connectivity index (χ0v) is 11.8. The maximum absolute atomic E-state index is 4.02. The number of hydrogen-bond acceptors (Lipinski definition) is 2. The van der Waals surface area contributed by atoms with Gasteiger partial charge < -0.3 is 5.32 Å². The lowest BCUT2D eigenvalue weighted by atomic mass is 9.50. The van der Waals surface area contributed by atoms with Gasteiger partial charge in [0.25, 0.3) is 0 Å². The fourth-order valence-corrected chi connectivity index (χ4v) is 5.57. The van der Waals surface area contributed by atoms with Gasteiger partial charge in [-0.3, -0.25) is 5.10 Å². The van der Waals surface area contributed by atoms with Crippen LogP contribution in [-0.2, 0) is 6.54 Å². The second-order valence-corrected chi connectivity index (χ2v) is 7.26. The number of nitrogens with zero attached hydrogens (tertiary/aromatic N) is 1. The molecule has 4 saturated carbocycles. The Bertz CT molecular complexity index is 397. The zero-order chi connectivity index (χ0) is 12.8. The van der Waals surface area contributed by atoms with Gasteiger partial charge in [0.05, 0.1) is 0 Å². The van der Waals surface area contributed by atoms with Crippen molar-refractivity contribution in [2.75, 3.05) is 0 Å². The van der Waals surface area contributed by atoms with Crippen molar-refractivity contribution in [2.45, 2.75) is 51.6 Å². The molecule has 0 spiro atoms. The van der Waals surface area contributed by atoms with E-state index in [2.05, 4.69) is 28.5 Å². The molecule has 2 N–H and O–H groups in total. The average Bonchev–Trinajstić information content (AvgIpc) is 2.88. The molecule has 0 aromatic carbocycles. The molecule has 1 aromatic rings. The quantitative estimate of drug-likeness (QED) is 0.873. The van der Waals surface area contributed by atoms with Crippen LogP contribution in [0.5, 0.6) is 0 Å². The number of rotatable bonds is 4. The molecule has 4 aliphatic carbocycles. The number of H-pyrrole nitrogens is 1. The first-order chi connectivity index (χ1) is 9.29. The van der Waals surface area contributed by atoms with Crippen molar-refractivity contribution in [3.05, 3.63) is 18.0 Å². The van der Waals surface area contributed by atoms with E-state index in [4.69, 9.17) is 0 Å². The predicted molar refractivity (Wildman–Crippen MR) is 75.4 cm³/mol. The highest BCUT2D eigenvalue weighted by atomic mass is 15.1. The van der Waals surface area contributed by atoms with Gasteiger partial charge in [-0.1, -0.05) is 0 Å². The predicted octanol–water partition coefficient (Wildman–Crippen LogP) is 2.96. The van der Waals surface area contributed by atoms with Crippen molar-refractivity contribution < 1.29 is 0 Å². The van der Waals surface area contributed by atoms with Gasteiger partial charge in [0.15, 0.2) is 0 Å². The zero-order valence-electron chi connectivity index (χ0n) is 11.8. The van der Waals surface area contributed by atoms with Crippen LogP contribution in [-0.4, -0.2) is 16.2 Å². The van der Waals surface area contributed by atoms with Crippen LogP contribution in [0.4, 0.5) is 0 Å². The van der Waals surface area contributed by atoms with Gasteiger partial charge in [-0.15, -0.1) is 0 Å². The minimum absolute atomic E-state index is 0.651. The van der Waals surface area contributed by atoms with Crippen molar-refractivity contribution in [1.29, 1.82) is 0 Å². The topological polar surface area (TPSA) is 40.7 Å². The van der Waals surface area contributed by atoms with E-state index in [-0.39, 0.29) is 0 Å². The smallest absolute Gasteiger partial charge is 0.0490 e. The molecule has 4 bridgehead atoms. The third-order valence-electron chi connectivity index (χ3n) is 6.05. The number of aromatic amines is 1. The molecule has 4 aliphatic rings. The Morgan fingerprint density at radius 1 is 1.21 bits per heavy atom. The summed E-state index contributed by atoms with van der Waals surface area (Å²) < 4.78 is 0. The molecule has 1 aromatic heterocycles. The summed E-state index contributed by atoms with van der Waals surface area (Å²) in [7, 11) is 0. The Balaban J connectivity index is 1.41. The fraction of sp³-hybridized carbons (Fsp3) is 0.812. The molecule has 1 heterocycles. The Labute approximate surface area is 115 Å². The van der Waals surface area contributed by atoms with Gasteiger partial charge in [0.2, 0.25) is 0 Å². The highest BCUT2D eigenvalue weighted by Gasteiger charge is 2.49. The summed E-state index contributed by atoms with van der Waals surface area (Å²) in [5.41, 5.74) is 1.20. The van der Waals surface area contributed by atoms with Crippen LogP contribution < -0.4 is 5.32 Å². The molecule has 5 rings (SSSR count). The van der Waals surface area contributed by atoms with Crippen LogP contribution in [0.15, 0.2) is 12.3 Å². The van der Waals surface area contributed by atoms with Gasteiger partial charge >= 0.3 is 0 Å². The molecular weight excluding hydrogens is 234 g/mol. The average molecular weight is 259 g/mol. The van der Waals surface area contributed by atoms with Crippen LogP contribution in [0.25, 0.3) is 0 Å². The van der Waals surface area contributed by atoms with Gasteiger partial charge in [0.1, 0.15) is 0 Å². The van der Waals surface area contributed by atoms with E-state index >= 15 is 0 Å². The summed E-state index contributed by atoms with van der Waals surface area (Å²) in [6, 6.07) is 2.72. The normalized spacial score (nSPS) is 41.6. The van der Waals surface area contributed by atoms with Crippen LogP contribution in [0.1, 0.15) is 44.7 Å². The number of nitrogens with one attached hydrogen (secondary N) is 2. The Hall–Kier alpha value is -0.830. The van der Waals surface area contributed by atoms with Crippen LogP contribution >= 0.6 is 0 Å². The lowest BCUT2D eigenvalue weighted by Crippen LogP contribution is -2.51. The van der Waals surface area contributed by atoms with Gasteiger partial charge in [-0.25, -0.2) is 0 Å². The first-order valence-electron chi connectivity index (χ1n) is 8.01. The number of hydrogen-bond donors (Lipinski definition) is 2. The van der Waals surface area contributed by atoms with Crippen molar-refractivity contribution in [3.8, 4) is 0 Å². The Kier molecular flexibility index (Phi) is 2.91. The van der Waals surface area contributed by atoms with Crippen molar-refractivity contribution in [1.82, 2.24) is 15.5 Å². The maximum Gasteiger partial charge on any atom is 0.0490 e. The molecule has 104 valence electrons. The molecule has 0 amide bonds. The first-order valence-corrected chi connectivity index (χ1v) is 8.01. The third-order valence-corrected chi connectivity index (χ3v) is 6.05. The van der Waals surface area contributed by atoms with E-state index in [1.807, 2.05) is 6.20 Å². The van der Waals surface area contributed by atoms with Gasteiger partial charge in [0, 0.05) is 24.5 Å². The second-order valence-electron chi connectivity index (χ2n) is 7.26. The molecule has 19 heavy (non-hydrogen) atoms. The molecule has 1 unspecified atom stereocenters. The fourth-order valence-electron chi connectivity index (χ4n) is 5.57. The largest absolute Gasteiger partial charge is 0.308 e. The van der Waals surface area contributed by atoms with E-state index in [0.717, 1.165) is 36.1 Å². The van der Waals surface area contributed by atoms with E-state index in [9.17, 15) is 0 Å². The van der Waals surface area contributed by atoms with Crippen molar-refractivity contribution >= 4 is 0 Å². The molecule has 3 heteroatoms. The van der Waals surface area contributed by atoms with E-state index in [1.165, 1.54) is 31.4 Å². The molecule has 4 fully saturated rings. The minimum atomic E-state index is 0.651. The van der Waals surface area contributed by atoms with Crippen molar-refractivity contribution in [3.63, 3.8) is 0 Å². The Morgan fingerprint density at radius 3 is 2.47 bits per heavy atom. The van der Waals surface area contributed by atoms with E-state index in [1.54, 1.807) is 6.42 Å². The standard InChI is InChI=1S/C16H25N3/c1-10(17-9-15-2-3-18-19-15)16-13-5-11-4-12(7-13)8-14(16)6-11/h2-3,10-14,16-17H,4-9H2,1H3,(H,18,19). The summed E-state index contributed by atoms with van der Waals surface area (Å²) >= 11 is 0.